The number of hydrogen-bond acceptors (Lipinski definition) is 2. The second-order valence-electron chi connectivity index (χ2n) is 3.21. The lowest BCUT2D eigenvalue weighted by Crippen LogP contribution is -1.85. The van der Waals surface area contributed by atoms with Crippen LogP contribution in [0.5, 0.6) is 0 Å². The lowest BCUT2D eigenvalue weighted by atomic mass is 10.1. The highest BCUT2D eigenvalue weighted by molar-refractivity contribution is 7.99. The average Bonchev–Trinajstić information content (AvgIpc) is 2.16. The maximum Gasteiger partial charge on any atom is 0.0431 e. The van der Waals surface area contributed by atoms with E-state index >= 15 is 0 Å². The minimum atomic E-state index is 0.356. The quantitative estimate of drug-likeness (QED) is 0.433. The van der Waals surface area contributed by atoms with Crippen molar-refractivity contribution >= 4 is 11.8 Å². The van der Waals surface area contributed by atoms with Gasteiger partial charge in [0.25, 0.3) is 0 Å². The van der Waals surface area contributed by atoms with Crippen molar-refractivity contribution in [3.05, 3.63) is 12.7 Å². The molecule has 0 aromatic carbocycles. The highest BCUT2D eigenvalue weighted by Gasteiger charge is 1.90. The predicted octanol–water partition coefficient (Wildman–Crippen LogP) is 3.24. The van der Waals surface area contributed by atoms with E-state index in [9.17, 15) is 0 Å². The molecule has 0 aliphatic heterocycles. The third-order valence-corrected chi connectivity index (χ3v) is 2.98. The first kappa shape index (κ1) is 13.1. The molecule has 0 aliphatic carbocycles. The van der Waals surface area contributed by atoms with Crippen LogP contribution in [-0.4, -0.2) is 23.2 Å². The van der Waals surface area contributed by atoms with E-state index in [2.05, 4.69) is 6.58 Å². The summed E-state index contributed by atoms with van der Waals surface area (Å²) < 4.78 is 0. The molecule has 0 aromatic rings. The lowest BCUT2D eigenvalue weighted by Gasteiger charge is -2.00. The van der Waals surface area contributed by atoms with Crippen molar-refractivity contribution in [1.82, 2.24) is 0 Å². The number of rotatable bonds is 10. The van der Waals surface area contributed by atoms with Crippen LogP contribution >= 0.6 is 11.8 Å². The van der Waals surface area contributed by atoms with Crippen LogP contribution in [0.1, 0.15) is 38.5 Å². The van der Waals surface area contributed by atoms with Gasteiger partial charge in [0.15, 0.2) is 0 Å². The highest BCUT2D eigenvalue weighted by atomic mass is 32.2. The molecule has 0 saturated heterocycles. The molecule has 0 fully saturated rings. The van der Waals surface area contributed by atoms with Crippen LogP contribution in [0.2, 0.25) is 0 Å². The number of unbranched alkanes of at least 4 members (excludes halogenated alkanes) is 5. The van der Waals surface area contributed by atoms with Crippen molar-refractivity contribution in [2.45, 2.75) is 38.5 Å². The van der Waals surface area contributed by atoms with E-state index in [1.165, 1.54) is 37.9 Å². The van der Waals surface area contributed by atoms with Crippen molar-refractivity contribution in [3.63, 3.8) is 0 Å². The maximum atomic E-state index is 8.55. The Kier molecular flexibility index (Phi) is 12.1. The molecule has 78 valence electrons. The third-order valence-electron chi connectivity index (χ3n) is 1.93. The first-order valence-electron chi connectivity index (χ1n) is 5.21. The van der Waals surface area contributed by atoms with E-state index in [0.717, 1.165) is 12.2 Å². The van der Waals surface area contributed by atoms with E-state index < -0.39 is 0 Å². The van der Waals surface area contributed by atoms with E-state index in [-0.39, 0.29) is 0 Å². The van der Waals surface area contributed by atoms with Crippen LogP contribution in [0.3, 0.4) is 0 Å². The Morgan fingerprint density at radius 1 is 1.00 bits per heavy atom. The molecule has 1 nitrogen and oxygen atoms in total. The molecular weight excluding hydrogens is 180 g/mol. The van der Waals surface area contributed by atoms with Gasteiger partial charge in [-0.3, -0.25) is 0 Å². The molecule has 0 aliphatic rings. The minimum Gasteiger partial charge on any atom is -0.396 e. The average molecular weight is 202 g/mol. The summed E-state index contributed by atoms with van der Waals surface area (Å²) in [6.07, 6.45) is 9.42. The van der Waals surface area contributed by atoms with Gasteiger partial charge in [0.05, 0.1) is 0 Å². The van der Waals surface area contributed by atoms with Crippen molar-refractivity contribution in [3.8, 4) is 0 Å². The zero-order valence-electron chi connectivity index (χ0n) is 8.50. The molecule has 1 N–H and O–H groups in total. The molecule has 13 heavy (non-hydrogen) atoms. The van der Waals surface area contributed by atoms with Gasteiger partial charge < -0.3 is 5.11 Å². The molecule has 0 unspecified atom stereocenters. The second-order valence-corrected chi connectivity index (χ2v) is 4.36. The van der Waals surface area contributed by atoms with Gasteiger partial charge >= 0.3 is 0 Å². The van der Waals surface area contributed by atoms with Gasteiger partial charge in [-0.1, -0.05) is 31.8 Å². The number of aliphatic hydroxyl groups excluding tert-OH is 1. The number of thioether (sulfide) groups is 1. The summed E-state index contributed by atoms with van der Waals surface area (Å²) in [4.78, 5) is 0. The van der Waals surface area contributed by atoms with Gasteiger partial charge in [-0.05, 0) is 18.6 Å². The zero-order chi connectivity index (χ0) is 9.78. The minimum absolute atomic E-state index is 0.356. The van der Waals surface area contributed by atoms with Crippen molar-refractivity contribution < 1.29 is 5.11 Å². The predicted molar refractivity (Wildman–Crippen MR) is 62.3 cm³/mol. The van der Waals surface area contributed by atoms with Crippen LogP contribution in [0.15, 0.2) is 12.7 Å². The van der Waals surface area contributed by atoms with Gasteiger partial charge in [-0.15, -0.1) is 6.58 Å². The van der Waals surface area contributed by atoms with E-state index in [4.69, 9.17) is 5.11 Å². The topological polar surface area (TPSA) is 20.2 Å². The summed E-state index contributed by atoms with van der Waals surface area (Å²) >= 11 is 1.96. The van der Waals surface area contributed by atoms with Crippen LogP contribution < -0.4 is 0 Å². The highest BCUT2D eigenvalue weighted by Crippen LogP contribution is 2.09. The summed E-state index contributed by atoms with van der Waals surface area (Å²) in [5.74, 6) is 2.36. The van der Waals surface area contributed by atoms with Crippen LogP contribution in [-0.2, 0) is 0 Å². The number of hydrogen-bond donors (Lipinski definition) is 1. The summed E-state index contributed by atoms with van der Waals surface area (Å²) in [6, 6.07) is 0. The van der Waals surface area contributed by atoms with Gasteiger partial charge in [-0.25, -0.2) is 0 Å². The van der Waals surface area contributed by atoms with E-state index in [0.29, 0.717) is 6.61 Å². The molecule has 0 atom stereocenters. The smallest absolute Gasteiger partial charge is 0.0431 e. The Morgan fingerprint density at radius 3 is 2.23 bits per heavy atom. The third kappa shape index (κ3) is 12.1. The Hall–Kier alpha value is 0.0500. The first-order valence-corrected chi connectivity index (χ1v) is 6.36. The van der Waals surface area contributed by atoms with Gasteiger partial charge in [0.2, 0.25) is 0 Å². The van der Waals surface area contributed by atoms with Crippen molar-refractivity contribution in [2.75, 3.05) is 18.1 Å². The fourth-order valence-corrected chi connectivity index (χ4v) is 1.93. The molecular formula is C11H22OS. The van der Waals surface area contributed by atoms with E-state index in [1.54, 1.807) is 0 Å². The second kappa shape index (κ2) is 12.0. The maximum absolute atomic E-state index is 8.55. The summed E-state index contributed by atoms with van der Waals surface area (Å²) in [5.41, 5.74) is 0. The van der Waals surface area contributed by atoms with E-state index in [1.807, 2.05) is 17.8 Å². The summed E-state index contributed by atoms with van der Waals surface area (Å²) in [7, 11) is 0. The molecule has 0 radical (unpaired) electrons. The Bertz CT molecular complexity index is 104. The Balaban J connectivity index is 2.79. The molecule has 0 aromatic heterocycles. The largest absolute Gasteiger partial charge is 0.396 e. The molecule has 0 bridgehead atoms. The lowest BCUT2D eigenvalue weighted by molar-refractivity contribution is 0.282. The Morgan fingerprint density at radius 2 is 1.62 bits per heavy atom. The molecule has 0 spiro atoms. The first-order chi connectivity index (χ1) is 6.41. The fraction of sp³-hybridized carbons (Fsp3) is 0.818. The molecule has 0 amide bonds. The summed E-state index contributed by atoms with van der Waals surface area (Å²) in [5, 5.41) is 8.55. The number of aliphatic hydroxyl groups is 1. The molecule has 2 heteroatoms. The molecule has 0 rings (SSSR count). The van der Waals surface area contributed by atoms with Gasteiger partial charge in [-0.2, -0.15) is 11.8 Å². The van der Waals surface area contributed by atoms with Gasteiger partial charge in [0.1, 0.15) is 0 Å². The molecule has 0 saturated carbocycles. The Labute approximate surface area is 86.6 Å². The van der Waals surface area contributed by atoms with Crippen LogP contribution in [0.4, 0.5) is 0 Å². The normalized spacial score (nSPS) is 10.2. The summed E-state index contributed by atoms with van der Waals surface area (Å²) in [6.45, 7) is 4.04. The standard InChI is InChI=1S/C11H22OS/c1-2-10-13-11-8-6-4-3-5-7-9-12/h2,12H,1,3-11H2. The monoisotopic (exact) mass is 202 g/mol. The molecule has 0 heterocycles. The van der Waals surface area contributed by atoms with Crippen LogP contribution in [0.25, 0.3) is 0 Å². The van der Waals surface area contributed by atoms with Crippen LogP contribution in [0, 0.1) is 0 Å². The zero-order valence-corrected chi connectivity index (χ0v) is 9.32. The van der Waals surface area contributed by atoms with Crippen molar-refractivity contribution in [2.24, 2.45) is 0 Å². The fourth-order valence-electron chi connectivity index (χ4n) is 1.19. The van der Waals surface area contributed by atoms with Crippen molar-refractivity contribution in [1.29, 1.82) is 0 Å². The SMILES string of the molecule is C=CCSCCCCCCCCO. The van der Waals surface area contributed by atoms with Gasteiger partial charge in [0, 0.05) is 12.4 Å².